The fourth-order valence-electron chi connectivity index (χ4n) is 2.49. The quantitative estimate of drug-likeness (QED) is 0.658. The molecule has 2 heterocycles. The van der Waals surface area contributed by atoms with Crippen molar-refractivity contribution < 1.29 is 18.3 Å². The molecule has 0 atom stereocenters. The lowest BCUT2D eigenvalue weighted by molar-refractivity contribution is -0.138. The summed E-state index contributed by atoms with van der Waals surface area (Å²) in [6.07, 6.45) is 0. The maximum atomic E-state index is 12.5. The Bertz CT molecular complexity index is 439. The maximum Gasteiger partial charge on any atom is 0.317 e. The Kier molecular flexibility index (Phi) is 4.97. The second-order valence-electron chi connectivity index (χ2n) is 5.28. The largest absolute Gasteiger partial charge is 0.480 e. The summed E-state index contributed by atoms with van der Waals surface area (Å²) in [5.41, 5.74) is 0. The highest BCUT2D eigenvalue weighted by atomic mass is 32.2. The lowest BCUT2D eigenvalue weighted by atomic mass is 10.3. The fourth-order valence-corrected chi connectivity index (χ4v) is 4.07. The summed E-state index contributed by atoms with van der Waals surface area (Å²) in [5.74, 6) is -0.875. The number of aliphatic carboxylic acids is 1. The summed E-state index contributed by atoms with van der Waals surface area (Å²) in [6.45, 7) is 4.18. The van der Waals surface area contributed by atoms with Crippen molar-refractivity contribution in [3.05, 3.63) is 0 Å². The molecule has 0 radical (unpaired) electrons. The Hall–Kier alpha value is -0.740. The van der Waals surface area contributed by atoms with E-state index in [-0.39, 0.29) is 6.54 Å². The molecule has 2 fully saturated rings. The Morgan fingerprint density at radius 2 is 1.40 bits per heavy atom. The zero-order chi connectivity index (χ0) is 14.8. The average Bonchev–Trinajstić information content (AvgIpc) is 2.39. The van der Waals surface area contributed by atoms with Crippen LogP contribution >= 0.6 is 0 Å². The first-order valence-corrected chi connectivity index (χ1v) is 8.17. The Labute approximate surface area is 119 Å². The zero-order valence-electron chi connectivity index (χ0n) is 11.7. The molecule has 2 aliphatic heterocycles. The van der Waals surface area contributed by atoms with Gasteiger partial charge in [-0.3, -0.25) is 9.69 Å². The van der Waals surface area contributed by atoms with Crippen molar-refractivity contribution in [3.63, 3.8) is 0 Å². The first-order valence-electron chi connectivity index (χ1n) is 6.77. The average molecular weight is 306 g/mol. The maximum absolute atomic E-state index is 12.5. The van der Waals surface area contributed by atoms with Gasteiger partial charge in [-0.2, -0.15) is 17.0 Å². The molecule has 2 aliphatic rings. The van der Waals surface area contributed by atoms with Gasteiger partial charge in [0.2, 0.25) is 0 Å². The number of hydrogen-bond donors (Lipinski definition) is 1. The van der Waals surface area contributed by atoms with E-state index in [9.17, 15) is 13.2 Å². The molecule has 8 nitrogen and oxygen atoms in total. The van der Waals surface area contributed by atoms with Gasteiger partial charge in [-0.25, -0.2) is 0 Å². The molecule has 0 unspecified atom stereocenters. The van der Waals surface area contributed by atoms with Gasteiger partial charge in [0, 0.05) is 52.4 Å². The van der Waals surface area contributed by atoms with Crippen molar-refractivity contribution in [1.29, 1.82) is 0 Å². The second-order valence-corrected chi connectivity index (χ2v) is 7.21. The molecule has 0 aromatic heterocycles. The second kappa shape index (κ2) is 6.35. The summed E-state index contributed by atoms with van der Waals surface area (Å²) in [7, 11) is -1.41. The Balaban J connectivity index is 1.90. The van der Waals surface area contributed by atoms with Crippen LogP contribution in [0.1, 0.15) is 0 Å². The minimum absolute atomic E-state index is 0.0254. The highest BCUT2D eigenvalue weighted by molar-refractivity contribution is 7.86. The van der Waals surface area contributed by atoms with Gasteiger partial charge in [0.05, 0.1) is 6.54 Å². The van der Waals surface area contributed by atoms with E-state index < -0.39 is 16.2 Å². The van der Waals surface area contributed by atoms with E-state index in [0.717, 1.165) is 13.1 Å². The molecule has 116 valence electrons. The predicted molar refractivity (Wildman–Crippen MR) is 73.6 cm³/mol. The third kappa shape index (κ3) is 3.67. The molecule has 0 aromatic rings. The molecule has 0 bridgehead atoms. The molecule has 2 saturated heterocycles. The lowest BCUT2D eigenvalue weighted by Gasteiger charge is -2.38. The van der Waals surface area contributed by atoms with Crippen LogP contribution in [0, 0.1) is 0 Å². The molecular weight excluding hydrogens is 284 g/mol. The SMILES string of the molecule is CN1CCN(S(=O)(=O)N2CCN(CC(=O)O)CC2)CC1. The van der Waals surface area contributed by atoms with Crippen molar-refractivity contribution in [3.8, 4) is 0 Å². The summed E-state index contributed by atoms with van der Waals surface area (Å²) < 4.78 is 27.9. The van der Waals surface area contributed by atoms with Gasteiger partial charge < -0.3 is 10.0 Å². The van der Waals surface area contributed by atoms with E-state index >= 15 is 0 Å². The van der Waals surface area contributed by atoms with Gasteiger partial charge in [-0.15, -0.1) is 0 Å². The van der Waals surface area contributed by atoms with Gasteiger partial charge >= 0.3 is 5.97 Å². The van der Waals surface area contributed by atoms with Gasteiger partial charge in [0.1, 0.15) is 0 Å². The van der Waals surface area contributed by atoms with E-state index in [1.54, 1.807) is 4.90 Å². The molecule has 2 rings (SSSR count). The topological polar surface area (TPSA) is 84.4 Å². The molecule has 0 saturated carbocycles. The van der Waals surface area contributed by atoms with Gasteiger partial charge in [0.25, 0.3) is 10.2 Å². The number of piperazine rings is 2. The number of hydrogen-bond acceptors (Lipinski definition) is 5. The molecule has 0 spiro atoms. The summed E-state index contributed by atoms with van der Waals surface area (Å²) in [5, 5.41) is 8.73. The van der Waals surface area contributed by atoms with Crippen molar-refractivity contribution in [1.82, 2.24) is 18.4 Å². The summed E-state index contributed by atoms with van der Waals surface area (Å²) in [4.78, 5) is 14.5. The van der Waals surface area contributed by atoms with Crippen molar-refractivity contribution in [2.45, 2.75) is 0 Å². The van der Waals surface area contributed by atoms with E-state index in [1.807, 2.05) is 7.05 Å². The van der Waals surface area contributed by atoms with Gasteiger partial charge in [0.15, 0.2) is 0 Å². The number of likely N-dealkylation sites (N-methyl/N-ethyl adjacent to an activating group) is 1. The van der Waals surface area contributed by atoms with Crippen LogP contribution in [0.15, 0.2) is 0 Å². The first-order chi connectivity index (χ1) is 9.39. The summed E-state index contributed by atoms with van der Waals surface area (Å²) >= 11 is 0. The minimum atomic E-state index is -3.39. The summed E-state index contributed by atoms with van der Waals surface area (Å²) in [6, 6.07) is 0. The van der Waals surface area contributed by atoms with E-state index in [0.29, 0.717) is 39.3 Å². The highest BCUT2D eigenvalue weighted by Crippen LogP contribution is 2.14. The van der Waals surface area contributed by atoms with Crippen LogP contribution in [0.4, 0.5) is 0 Å². The van der Waals surface area contributed by atoms with Crippen LogP contribution in [-0.4, -0.2) is 104 Å². The molecular formula is C11H22N4O4S. The van der Waals surface area contributed by atoms with E-state index in [4.69, 9.17) is 5.11 Å². The first kappa shape index (κ1) is 15.6. The Morgan fingerprint density at radius 3 is 1.85 bits per heavy atom. The van der Waals surface area contributed by atoms with Crippen LogP contribution in [0.5, 0.6) is 0 Å². The molecule has 9 heteroatoms. The van der Waals surface area contributed by atoms with E-state index in [2.05, 4.69) is 4.90 Å². The van der Waals surface area contributed by atoms with Crippen molar-refractivity contribution in [2.24, 2.45) is 0 Å². The molecule has 0 aliphatic carbocycles. The zero-order valence-corrected chi connectivity index (χ0v) is 12.5. The number of rotatable bonds is 4. The fraction of sp³-hybridized carbons (Fsp3) is 0.909. The van der Waals surface area contributed by atoms with Crippen LogP contribution in [0.25, 0.3) is 0 Å². The minimum Gasteiger partial charge on any atom is -0.480 e. The third-order valence-corrected chi connectivity index (χ3v) is 5.84. The number of carboxylic acids is 1. The monoisotopic (exact) mass is 306 g/mol. The molecule has 1 N–H and O–H groups in total. The van der Waals surface area contributed by atoms with Crippen molar-refractivity contribution in [2.75, 3.05) is 66.0 Å². The lowest BCUT2D eigenvalue weighted by Crippen LogP contribution is -2.56. The van der Waals surface area contributed by atoms with Gasteiger partial charge in [-0.1, -0.05) is 0 Å². The number of carbonyl (C=O) groups is 1. The van der Waals surface area contributed by atoms with Gasteiger partial charge in [-0.05, 0) is 7.05 Å². The molecule has 20 heavy (non-hydrogen) atoms. The van der Waals surface area contributed by atoms with E-state index in [1.165, 1.54) is 8.61 Å². The normalized spacial score (nSPS) is 24.9. The van der Waals surface area contributed by atoms with Crippen LogP contribution in [0.2, 0.25) is 0 Å². The molecule has 0 aromatic carbocycles. The standard InChI is InChI=1S/C11H22N4O4S/c1-12-2-6-14(7-3-12)20(18,19)15-8-4-13(5-9-15)10-11(16)17/h2-10H2,1H3,(H,16,17). The molecule has 0 amide bonds. The predicted octanol–water partition coefficient (Wildman–Crippen LogP) is -1.82. The Morgan fingerprint density at radius 1 is 0.950 bits per heavy atom. The van der Waals surface area contributed by atoms with Crippen molar-refractivity contribution >= 4 is 16.2 Å². The smallest absolute Gasteiger partial charge is 0.317 e. The number of nitrogens with zero attached hydrogens (tertiary/aromatic N) is 4. The van der Waals surface area contributed by atoms with Crippen LogP contribution in [0.3, 0.4) is 0 Å². The van der Waals surface area contributed by atoms with Crippen LogP contribution in [-0.2, 0) is 15.0 Å². The third-order valence-electron chi connectivity index (χ3n) is 3.80. The number of carboxylic acid groups (broad SMARTS) is 1. The van der Waals surface area contributed by atoms with Crippen LogP contribution < -0.4 is 0 Å². The highest BCUT2D eigenvalue weighted by Gasteiger charge is 2.33.